The predicted molar refractivity (Wildman–Crippen MR) is 111 cm³/mol. The number of nitrogens with one attached hydrogen (secondary N) is 2. The lowest BCUT2D eigenvalue weighted by atomic mass is 10.2. The van der Waals surface area contributed by atoms with Crippen molar-refractivity contribution >= 4 is 38.6 Å². The summed E-state index contributed by atoms with van der Waals surface area (Å²) in [4.78, 5) is 26.3. The second kappa shape index (κ2) is 10.1. The third-order valence-electron chi connectivity index (χ3n) is 3.64. The molecule has 2 amide bonds. The highest BCUT2D eigenvalue weighted by molar-refractivity contribution is 8.13. The van der Waals surface area contributed by atoms with Crippen LogP contribution in [0.3, 0.4) is 0 Å². The third-order valence-corrected chi connectivity index (χ3v) is 6.16. The molecule has 2 N–H and O–H groups in total. The van der Waals surface area contributed by atoms with Crippen molar-refractivity contribution in [2.24, 2.45) is 0 Å². The number of carbonyl (C=O) groups excluding carboxylic acids is 2. The number of hydrogen-bond donors (Lipinski definition) is 2. The number of benzene rings is 2. The first kappa shape index (κ1) is 22.4. The minimum Gasteiger partial charge on any atom is -0.339 e. The van der Waals surface area contributed by atoms with E-state index >= 15 is 0 Å². The number of thioether (sulfide) groups is 1. The predicted octanol–water partition coefficient (Wildman–Crippen LogP) is 2.90. The van der Waals surface area contributed by atoms with Gasteiger partial charge in [0.2, 0.25) is 10.0 Å². The molecule has 0 radical (unpaired) electrons. The summed E-state index contributed by atoms with van der Waals surface area (Å²) in [7, 11) is -0.382. The standard InChI is InChI=1S/C19H20N4O4S2/c1-23(2)19(25)28-16-8-6-15(7-9-16)22-18(24)14-4-10-17(11-5-14)29(26,27)21-13-3-12-20/h4-11,21H,3,13H2,1-2H3,(H,22,24). The second-order valence-electron chi connectivity index (χ2n) is 6.07. The van der Waals surface area contributed by atoms with Gasteiger partial charge in [0.1, 0.15) is 0 Å². The van der Waals surface area contributed by atoms with Gasteiger partial charge in [-0.25, -0.2) is 13.1 Å². The summed E-state index contributed by atoms with van der Waals surface area (Å²) < 4.78 is 26.5. The second-order valence-corrected chi connectivity index (χ2v) is 8.86. The maximum Gasteiger partial charge on any atom is 0.285 e. The molecule has 0 spiro atoms. The Hall–Kier alpha value is -2.87. The van der Waals surface area contributed by atoms with E-state index in [2.05, 4.69) is 10.0 Å². The van der Waals surface area contributed by atoms with Gasteiger partial charge < -0.3 is 10.2 Å². The van der Waals surface area contributed by atoms with Gasteiger partial charge in [-0.3, -0.25) is 9.59 Å². The topological polar surface area (TPSA) is 119 Å². The average Bonchev–Trinajstić information content (AvgIpc) is 2.69. The van der Waals surface area contributed by atoms with Crippen LogP contribution in [0.5, 0.6) is 0 Å². The maximum absolute atomic E-state index is 12.4. The van der Waals surface area contributed by atoms with Crippen molar-refractivity contribution in [2.75, 3.05) is 26.0 Å². The molecule has 8 nitrogen and oxygen atoms in total. The molecule has 152 valence electrons. The molecule has 0 aliphatic heterocycles. The molecule has 0 unspecified atom stereocenters. The number of sulfonamides is 1. The molecule has 0 bridgehead atoms. The van der Waals surface area contributed by atoms with Crippen LogP contribution in [-0.4, -0.2) is 45.1 Å². The fourth-order valence-electron chi connectivity index (χ4n) is 2.11. The monoisotopic (exact) mass is 432 g/mol. The van der Waals surface area contributed by atoms with Gasteiger partial charge in [0.05, 0.1) is 11.0 Å². The van der Waals surface area contributed by atoms with E-state index in [1.807, 2.05) is 6.07 Å². The van der Waals surface area contributed by atoms with Crippen LogP contribution in [0, 0.1) is 11.3 Å². The van der Waals surface area contributed by atoms with Gasteiger partial charge in [0, 0.05) is 43.2 Å². The average molecular weight is 433 g/mol. The summed E-state index contributed by atoms with van der Waals surface area (Å²) in [6, 6.07) is 14.2. The Bertz CT molecular complexity index is 1010. The SMILES string of the molecule is CN(C)C(=O)Sc1ccc(NC(=O)c2ccc(S(=O)(=O)NCCC#N)cc2)cc1. The fourth-order valence-corrected chi connectivity index (χ4v) is 3.80. The summed E-state index contributed by atoms with van der Waals surface area (Å²) in [5.41, 5.74) is 0.841. The molecule has 0 aromatic heterocycles. The van der Waals surface area contributed by atoms with Crippen molar-refractivity contribution in [2.45, 2.75) is 16.2 Å². The number of nitriles is 1. The first-order valence-electron chi connectivity index (χ1n) is 8.50. The number of nitrogens with zero attached hydrogens (tertiary/aromatic N) is 2. The first-order chi connectivity index (χ1) is 13.7. The van der Waals surface area contributed by atoms with E-state index in [-0.39, 0.29) is 23.1 Å². The van der Waals surface area contributed by atoms with E-state index < -0.39 is 15.9 Å². The molecule has 2 rings (SSSR count). The van der Waals surface area contributed by atoms with Gasteiger partial charge in [0.25, 0.3) is 11.1 Å². The van der Waals surface area contributed by atoms with Gasteiger partial charge in [-0.1, -0.05) is 0 Å². The highest BCUT2D eigenvalue weighted by Crippen LogP contribution is 2.22. The lowest BCUT2D eigenvalue weighted by molar-refractivity contribution is 0.102. The fraction of sp³-hybridized carbons (Fsp3) is 0.211. The molecule has 0 fully saturated rings. The molecule has 0 saturated heterocycles. The first-order valence-corrected chi connectivity index (χ1v) is 10.8. The number of carbonyl (C=O) groups is 2. The molecule has 2 aromatic rings. The number of hydrogen-bond acceptors (Lipinski definition) is 6. The third kappa shape index (κ3) is 6.60. The minimum absolute atomic E-state index is 0.0129. The van der Waals surface area contributed by atoms with Crippen molar-refractivity contribution in [1.29, 1.82) is 5.26 Å². The van der Waals surface area contributed by atoms with Crippen LogP contribution in [0.15, 0.2) is 58.3 Å². The molecular formula is C19H20N4O4S2. The van der Waals surface area contributed by atoms with Crippen LogP contribution >= 0.6 is 11.8 Å². The van der Waals surface area contributed by atoms with E-state index in [1.165, 1.54) is 29.2 Å². The smallest absolute Gasteiger partial charge is 0.285 e. The van der Waals surface area contributed by atoms with Crippen LogP contribution in [0.4, 0.5) is 10.5 Å². The number of rotatable bonds is 7. The van der Waals surface area contributed by atoms with Gasteiger partial charge in [0.15, 0.2) is 0 Å². The Balaban J connectivity index is 2.00. The minimum atomic E-state index is -3.72. The Morgan fingerprint density at radius 3 is 2.24 bits per heavy atom. The Kier molecular flexibility index (Phi) is 7.78. The zero-order valence-electron chi connectivity index (χ0n) is 15.9. The van der Waals surface area contributed by atoms with Gasteiger partial charge in [-0.2, -0.15) is 5.26 Å². The Morgan fingerprint density at radius 1 is 1.07 bits per heavy atom. The van der Waals surface area contributed by atoms with E-state index in [0.29, 0.717) is 11.3 Å². The lowest BCUT2D eigenvalue weighted by Gasteiger charge is -2.10. The van der Waals surface area contributed by atoms with E-state index in [0.717, 1.165) is 16.7 Å². The number of amides is 2. The normalized spacial score (nSPS) is 10.8. The van der Waals surface area contributed by atoms with Crippen molar-refractivity contribution in [1.82, 2.24) is 9.62 Å². The zero-order valence-corrected chi connectivity index (χ0v) is 17.5. The highest BCUT2D eigenvalue weighted by atomic mass is 32.2. The largest absolute Gasteiger partial charge is 0.339 e. The van der Waals surface area contributed by atoms with Gasteiger partial charge in [-0.15, -0.1) is 0 Å². The summed E-state index contributed by atoms with van der Waals surface area (Å²) in [5, 5.41) is 11.1. The zero-order chi connectivity index (χ0) is 21.4. The lowest BCUT2D eigenvalue weighted by Crippen LogP contribution is -2.24. The van der Waals surface area contributed by atoms with Gasteiger partial charge >= 0.3 is 0 Å². The Morgan fingerprint density at radius 2 is 1.69 bits per heavy atom. The van der Waals surface area contributed by atoms with Crippen molar-refractivity contribution < 1.29 is 18.0 Å². The molecular weight excluding hydrogens is 412 g/mol. The van der Waals surface area contributed by atoms with Gasteiger partial charge in [-0.05, 0) is 60.3 Å². The van der Waals surface area contributed by atoms with Crippen LogP contribution in [-0.2, 0) is 10.0 Å². The van der Waals surface area contributed by atoms with Crippen molar-refractivity contribution in [3.05, 3.63) is 54.1 Å². The molecule has 0 aliphatic carbocycles. The molecule has 10 heteroatoms. The molecule has 0 atom stereocenters. The summed E-state index contributed by atoms with van der Waals surface area (Å²) >= 11 is 1.08. The van der Waals surface area contributed by atoms with E-state index in [4.69, 9.17) is 5.26 Å². The van der Waals surface area contributed by atoms with Crippen LogP contribution in [0.25, 0.3) is 0 Å². The van der Waals surface area contributed by atoms with Crippen LogP contribution in [0.2, 0.25) is 0 Å². The van der Waals surface area contributed by atoms with E-state index in [9.17, 15) is 18.0 Å². The van der Waals surface area contributed by atoms with Crippen molar-refractivity contribution in [3.8, 4) is 6.07 Å². The summed E-state index contributed by atoms with van der Waals surface area (Å²) in [6.07, 6.45) is 0.0698. The molecule has 0 aliphatic rings. The number of anilines is 1. The van der Waals surface area contributed by atoms with Crippen LogP contribution in [0.1, 0.15) is 16.8 Å². The maximum atomic E-state index is 12.4. The highest BCUT2D eigenvalue weighted by Gasteiger charge is 2.14. The quantitative estimate of drug-likeness (QED) is 0.513. The Labute approximate surface area is 174 Å². The summed E-state index contributed by atoms with van der Waals surface area (Å²) in [5.74, 6) is -0.392. The van der Waals surface area contributed by atoms with Crippen LogP contribution < -0.4 is 10.0 Å². The summed E-state index contributed by atoms with van der Waals surface area (Å²) in [6.45, 7) is 0.0233. The molecule has 0 heterocycles. The van der Waals surface area contributed by atoms with E-state index in [1.54, 1.807) is 38.4 Å². The molecule has 29 heavy (non-hydrogen) atoms. The molecule has 2 aromatic carbocycles. The molecule has 0 saturated carbocycles. The van der Waals surface area contributed by atoms with Crippen molar-refractivity contribution in [3.63, 3.8) is 0 Å².